The Morgan fingerprint density at radius 3 is 1.75 bits per heavy atom. The van der Waals surface area contributed by atoms with E-state index in [9.17, 15) is 0 Å². The van der Waals surface area contributed by atoms with E-state index in [1.165, 1.54) is 27.4 Å². The maximum atomic E-state index is 5.42. The molecule has 0 bridgehead atoms. The van der Waals surface area contributed by atoms with Crippen molar-refractivity contribution in [2.45, 2.75) is 6.92 Å². The van der Waals surface area contributed by atoms with E-state index in [1.807, 2.05) is 0 Å². The van der Waals surface area contributed by atoms with E-state index in [2.05, 4.69) is 172 Å². The third kappa shape index (κ3) is 3.61. The number of para-hydroxylation sites is 3. The molecule has 0 aliphatic rings. The highest BCUT2D eigenvalue weighted by Gasteiger charge is 2.25. The normalized spacial score (nSPS) is 11.8. The summed E-state index contributed by atoms with van der Waals surface area (Å²) in [4.78, 5) is 5.42. The summed E-state index contributed by atoms with van der Waals surface area (Å²) in [5.41, 5.74) is 11.2. The molecule has 0 aliphatic heterocycles. The molecular formula is C40H28N4. The van der Waals surface area contributed by atoms with Crippen molar-refractivity contribution < 1.29 is 0 Å². The van der Waals surface area contributed by atoms with Crippen LogP contribution in [0.25, 0.3) is 72.3 Å². The Balaban J connectivity index is 1.50. The average Bonchev–Trinajstić information content (AvgIpc) is 3.72. The molecule has 9 aromatic rings. The Bertz CT molecular complexity index is 2480. The summed E-state index contributed by atoms with van der Waals surface area (Å²) in [5, 5.41) is 3.62. The molecule has 6 aromatic carbocycles. The second-order valence-corrected chi connectivity index (χ2v) is 11.4. The second kappa shape index (κ2) is 9.58. The zero-order chi connectivity index (χ0) is 29.2. The van der Waals surface area contributed by atoms with Crippen LogP contribution in [0.3, 0.4) is 0 Å². The van der Waals surface area contributed by atoms with Gasteiger partial charge in [-0.05, 0) is 67.1 Å². The van der Waals surface area contributed by atoms with Gasteiger partial charge < -0.3 is 4.57 Å². The van der Waals surface area contributed by atoms with Crippen LogP contribution >= 0.6 is 0 Å². The van der Waals surface area contributed by atoms with Crippen molar-refractivity contribution in [3.63, 3.8) is 0 Å². The quantitative estimate of drug-likeness (QED) is 0.209. The van der Waals surface area contributed by atoms with Gasteiger partial charge in [-0.15, -0.1) is 0 Å². The summed E-state index contributed by atoms with van der Waals surface area (Å²) < 4.78 is 7.07. The molecule has 208 valence electrons. The van der Waals surface area contributed by atoms with E-state index in [4.69, 9.17) is 4.98 Å². The molecule has 4 heteroatoms. The maximum Gasteiger partial charge on any atom is 0.165 e. The number of rotatable bonds is 4. The van der Waals surface area contributed by atoms with Gasteiger partial charge in [-0.2, -0.15) is 0 Å². The van der Waals surface area contributed by atoms with E-state index in [0.717, 1.165) is 50.5 Å². The molecule has 0 saturated heterocycles. The molecule has 0 fully saturated rings. The SMILES string of the molecule is Cc1cccc(-n2c3ccccc3c3cc4c(cc32)c2c(nc(-c3ccccc3)n2-c2ccccc2)n4-c2ccccc2)c1. The number of aryl methyl sites for hydroxylation is 1. The van der Waals surface area contributed by atoms with E-state index in [1.54, 1.807) is 0 Å². The van der Waals surface area contributed by atoms with Crippen molar-refractivity contribution >= 4 is 43.9 Å². The lowest BCUT2D eigenvalue weighted by molar-refractivity contribution is 1.10. The molecule has 3 heterocycles. The lowest BCUT2D eigenvalue weighted by Crippen LogP contribution is -1.98. The number of benzene rings is 6. The predicted molar refractivity (Wildman–Crippen MR) is 182 cm³/mol. The van der Waals surface area contributed by atoms with E-state index in [-0.39, 0.29) is 0 Å². The molecular weight excluding hydrogens is 536 g/mol. The smallest absolute Gasteiger partial charge is 0.165 e. The molecule has 0 amide bonds. The van der Waals surface area contributed by atoms with Gasteiger partial charge in [0, 0.05) is 38.8 Å². The molecule has 0 radical (unpaired) electrons. The fraction of sp³-hybridized carbons (Fsp3) is 0.0250. The summed E-state index contributed by atoms with van der Waals surface area (Å²) in [5.74, 6) is 0.924. The molecule has 0 unspecified atom stereocenters. The van der Waals surface area contributed by atoms with E-state index < -0.39 is 0 Å². The first-order valence-corrected chi connectivity index (χ1v) is 15.0. The Morgan fingerprint density at radius 2 is 1.02 bits per heavy atom. The van der Waals surface area contributed by atoms with Crippen LogP contribution in [0.2, 0.25) is 0 Å². The molecule has 0 saturated carbocycles. The van der Waals surface area contributed by atoms with Crippen molar-refractivity contribution in [1.82, 2.24) is 18.7 Å². The third-order valence-corrected chi connectivity index (χ3v) is 8.68. The first kappa shape index (κ1) is 24.7. The van der Waals surface area contributed by atoms with Crippen molar-refractivity contribution in [3.05, 3.63) is 157 Å². The summed E-state index contributed by atoms with van der Waals surface area (Å²) in [6, 6.07) is 53.9. The van der Waals surface area contributed by atoms with Gasteiger partial charge in [-0.3, -0.25) is 9.13 Å². The molecule has 44 heavy (non-hydrogen) atoms. The highest BCUT2D eigenvalue weighted by molar-refractivity contribution is 6.18. The monoisotopic (exact) mass is 564 g/mol. The first-order valence-electron chi connectivity index (χ1n) is 15.0. The zero-order valence-electron chi connectivity index (χ0n) is 24.2. The number of hydrogen-bond acceptors (Lipinski definition) is 1. The van der Waals surface area contributed by atoms with Crippen molar-refractivity contribution in [3.8, 4) is 28.5 Å². The van der Waals surface area contributed by atoms with Crippen LogP contribution in [0.1, 0.15) is 5.56 Å². The zero-order valence-corrected chi connectivity index (χ0v) is 24.2. The predicted octanol–water partition coefficient (Wildman–Crippen LogP) is 10.0. The molecule has 9 rings (SSSR count). The van der Waals surface area contributed by atoms with Gasteiger partial charge in [0.15, 0.2) is 5.65 Å². The fourth-order valence-electron chi connectivity index (χ4n) is 6.79. The standard InChI is InChI=1S/C40H28N4/c1-27-14-13-21-31(24-27)42-35-23-12-11-22-32(35)33-25-37-34(26-36(33)42)38-40(43(37)29-17-7-3-8-18-29)41-39(28-15-5-2-6-16-28)44(38)30-19-9-4-10-20-30/h2-26H,1H3. The number of aromatic nitrogens is 4. The van der Waals surface area contributed by atoms with Crippen LogP contribution < -0.4 is 0 Å². The highest BCUT2D eigenvalue weighted by Crippen LogP contribution is 2.41. The van der Waals surface area contributed by atoms with Crippen LogP contribution in [-0.4, -0.2) is 18.7 Å². The first-order chi connectivity index (χ1) is 21.8. The Labute approximate surface area is 254 Å². The van der Waals surface area contributed by atoms with Crippen LogP contribution in [0, 0.1) is 6.92 Å². The minimum atomic E-state index is 0.924. The molecule has 4 nitrogen and oxygen atoms in total. The van der Waals surface area contributed by atoms with E-state index >= 15 is 0 Å². The van der Waals surface area contributed by atoms with Crippen LogP contribution in [0.15, 0.2) is 152 Å². The van der Waals surface area contributed by atoms with Crippen LogP contribution in [0.5, 0.6) is 0 Å². The minimum absolute atomic E-state index is 0.924. The van der Waals surface area contributed by atoms with Gasteiger partial charge in [0.1, 0.15) is 11.3 Å². The number of hydrogen-bond donors (Lipinski definition) is 0. The highest BCUT2D eigenvalue weighted by atomic mass is 15.2. The molecule has 0 atom stereocenters. The number of imidazole rings is 1. The third-order valence-electron chi connectivity index (χ3n) is 8.68. The van der Waals surface area contributed by atoms with Gasteiger partial charge in [-0.1, -0.05) is 97.1 Å². The van der Waals surface area contributed by atoms with Gasteiger partial charge in [0.05, 0.1) is 16.6 Å². The second-order valence-electron chi connectivity index (χ2n) is 11.4. The molecule has 3 aromatic heterocycles. The molecule has 0 aliphatic carbocycles. The summed E-state index contributed by atoms with van der Waals surface area (Å²) in [6.07, 6.45) is 0. The topological polar surface area (TPSA) is 27.7 Å². The largest absolute Gasteiger partial charge is 0.309 e. The maximum absolute atomic E-state index is 5.42. The van der Waals surface area contributed by atoms with Gasteiger partial charge in [0.2, 0.25) is 0 Å². The Hall–Kier alpha value is -5.87. The van der Waals surface area contributed by atoms with Gasteiger partial charge in [0.25, 0.3) is 0 Å². The molecule has 0 spiro atoms. The van der Waals surface area contributed by atoms with Crippen LogP contribution in [-0.2, 0) is 0 Å². The van der Waals surface area contributed by atoms with Gasteiger partial charge in [-0.25, -0.2) is 4.98 Å². The number of fused-ring (bicyclic) bond motifs is 6. The fourth-order valence-corrected chi connectivity index (χ4v) is 6.79. The number of nitrogens with zero attached hydrogens (tertiary/aromatic N) is 4. The van der Waals surface area contributed by atoms with Crippen molar-refractivity contribution in [2.75, 3.05) is 0 Å². The summed E-state index contributed by atoms with van der Waals surface area (Å²) in [7, 11) is 0. The minimum Gasteiger partial charge on any atom is -0.309 e. The van der Waals surface area contributed by atoms with E-state index in [0.29, 0.717) is 0 Å². The molecule has 0 N–H and O–H groups in total. The average molecular weight is 565 g/mol. The summed E-state index contributed by atoms with van der Waals surface area (Å²) >= 11 is 0. The Morgan fingerprint density at radius 1 is 0.432 bits per heavy atom. The Kier molecular flexibility index (Phi) is 5.38. The summed E-state index contributed by atoms with van der Waals surface area (Å²) in [6.45, 7) is 2.16. The van der Waals surface area contributed by atoms with Crippen molar-refractivity contribution in [2.24, 2.45) is 0 Å². The van der Waals surface area contributed by atoms with Crippen molar-refractivity contribution in [1.29, 1.82) is 0 Å². The lowest BCUT2D eigenvalue weighted by Gasteiger charge is -2.11. The van der Waals surface area contributed by atoms with Gasteiger partial charge >= 0.3 is 0 Å². The van der Waals surface area contributed by atoms with Crippen LogP contribution in [0.4, 0.5) is 0 Å². The lowest BCUT2D eigenvalue weighted by atomic mass is 10.1.